The summed E-state index contributed by atoms with van der Waals surface area (Å²) in [6, 6.07) is 8.03. The molecule has 0 radical (unpaired) electrons. The van der Waals surface area contributed by atoms with Crippen molar-refractivity contribution in [3.63, 3.8) is 0 Å². The van der Waals surface area contributed by atoms with Gasteiger partial charge in [-0.1, -0.05) is 29.8 Å². The minimum Gasteiger partial charge on any atom is -0.317 e. The van der Waals surface area contributed by atoms with Gasteiger partial charge in [0.25, 0.3) is 0 Å². The van der Waals surface area contributed by atoms with Gasteiger partial charge < -0.3 is 10.6 Å². The maximum absolute atomic E-state index is 6.10. The summed E-state index contributed by atoms with van der Waals surface area (Å²) in [6.07, 6.45) is 2.57. The molecule has 2 nitrogen and oxygen atoms in total. The molecule has 17 heavy (non-hydrogen) atoms. The SMILES string of the molecule is Cl.Clc1ccccc1CNCC1CCNCC1. The lowest BCUT2D eigenvalue weighted by atomic mass is 9.98. The van der Waals surface area contributed by atoms with E-state index < -0.39 is 0 Å². The number of piperidine rings is 1. The van der Waals surface area contributed by atoms with Crippen molar-refractivity contribution >= 4 is 24.0 Å². The van der Waals surface area contributed by atoms with Gasteiger partial charge in [0, 0.05) is 11.6 Å². The highest BCUT2D eigenvalue weighted by atomic mass is 35.5. The van der Waals surface area contributed by atoms with Gasteiger partial charge in [-0.05, 0) is 50.0 Å². The van der Waals surface area contributed by atoms with E-state index in [2.05, 4.69) is 16.7 Å². The fourth-order valence-corrected chi connectivity index (χ4v) is 2.34. The topological polar surface area (TPSA) is 24.1 Å². The Morgan fingerprint density at radius 2 is 1.94 bits per heavy atom. The molecule has 4 heteroatoms. The Kier molecular flexibility index (Phi) is 6.90. The van der Waals surface area contributed by atoms with Gasteiger partial charge >= 0.3 is 0 Å². The summed E-state index contributed by atoms with van der Waals surface area (Å²) in [7, 11) is 0. The van der Waals surface area contributed by atoms with Crippen LogP contribution in [0.25, 0.3) is 0 Å². The average molecular weight is 275 g/mol. The first-order valence-corrected chi connectivity index (χ1v) is 6.39. The van der Waals surface area contributed by atoms with Gasteiger partial charge in [-0.3, -0.25) is 0 Å². The van der Waals surface area contributed by atoms with Crippen LogP contribution in [0.15, 0.2) is 24.3 Å². The van der Waals surface area contributed by atoms with Gasteiger partial charge in [-0.25, -0.2) is 0 Å². The van der Waals surface area contributed by atoms with Crippen LogP contribution in [-0.2, 0) is 6.54 Å². The Morgan fingerprint density at radius 1 is 1.24 bits per heavy atom. The van der Waals surface area contributed by atoms with Crippen molar-refractivity contribution < 1.29 is 0 Å². The van der Waals surface area contributed by atoms with E-state index in [0.29, 0.717) is 0 Å². The summed E-state index contributed by atoms with van der Waals surface area (Å²) in [5, 5.41) is 7.74. The third kappa shape index (κ3) is 4.84. The predicted molar refractivity (Wildman–Crippen MR) is 76.0 cm³/mol. The summed E-state index contributed by atoms with van der Waals surface area (Å²) >= 11 is 6.10. The molecule has 0 atom stereocenters. The van der Waals surface area contributed by atoms with Crippen molar-refractivity contribution in [2.75, 3.05) is 19.6 Å². The number of nitrogens with one attached hydrogen (secondary N) is 2. The summed E-state index contributed by atoms with van der Waals surface area (Å²) in [5.41, 5.74) is 1.19. The molecule has 0 saturated carbocycles. The van der Waals surface area contributed by atoms with E-state index >= 15 is 0 Å². The molecular weight excluding hydrogens is 255 g/mol. The van der Waals surface area contributed by atoms with Gasteiger partial charge in [0.1, 0.15) is 0 Å². The van der Waals surface area contributed by atoms with Crippen molar-refractivity contribution in [2.45, 2.75) is 19.4 Å². The van der Waals surface area contributed by atoms with E-state index in [1.54, 1.807) is 0 Å². The molecule has 0 spiro atoms. The first-order valence-electron chi connectivity index (χ1n) is 6.01. The van der Waals surface area contributed by atoms with Crippen LogP contribution in [0.4, 0.5) is 0 Å². The quantitative estimate of drug-likeness (QED) is 0.883. The van der Waals surface area contributed by atoms with E-state index in [1.165, 1.54) is 31.5 Å². The van der Waals surface area contributed by atoms with Crippen molar-refractivity contribution in [1.29, 1.82) is 0 Å². The Balaban J connectivity index is 0.00000144. The van der Waals surface area contributed by atoms with Crippen LogP contribution in [0.1, 0.15) is 18.4 Å². The van der Waals surface area contributed by atoms with Gasteiger partial charge in [0.15, 0.2) is 0 Å². The van der Waals surface area contributed by atoms with E-state index in [4.69, 9.17) is 11.6 Å². The van der Waals surface area contributed by atoms with E-state index in [0.717, 1.165) is 24.0 Å². The molecule has 0 amide bonds. The van der Waals surface area contributed by atoms with Gasteiger partial charge in [-0.15, -0.1) is 12.4 Å². The zero-order valence-corrected chi connectivity index (χ0v) is 11.5. The predicted octanol–water partition coefficient (Wildman–Crippen LogP) is 2.85. The third-order valence-electron chi connectivity index (χ3n) is 3.17. The molecule has 1 aliphatic heterocycles. The van der Waals surface area contributed by atoms with Crippen molar-refractivity contribution in [3.05, 3.63) is 34.9 Å². The zero-order chi connectivity index (χ0) is 11.2. The monoisotopic (exact) mass is 274 g/mol. The molecule has 1 fully saturated rings. The molecule has 0 aromatic heterocycles. The Bertz CT molecular complexity index is 325. The Hall–Kier alpha value is -0.280. The molecule has 0 bridgehead atoms. The van der Waals surface area contributed by atoms with Gasteiger partial charge in [0.05, 0.1) is 0 Å². The molecule has 0 aliphatic carbocycles. The molecule has 1 aromatic carbocycles. The summed E-state index contributed by atoms with van der Waals surface area (Å²) in [6.45, 7) is 4.31. The van der Waals surface area contributed by atoms with Crippen LogP contribution in [-0.4, -0.2) is 19.6 Å². The van der Waals surface area contributed by atoms with Crippen LogP contribution in [0.5, 0.6) is 0 Å². The summed E-state index contributed by atoms with van der Waals surface area (Å²) in [5.74, 6) is 0.823. The lowest BCUT2D eigenvalue weighted by Crippen LogP contribution is -2.33. The standard InChI is InChI=1S/C13H19ClN2.ClH/c14-13-4-2-1-3-12(13)10-16-9-11-5-7-15-8-6-11;/h1-4,11,15-16H,5-10H2;1H. The second kappa shape index (κ2) is 7.93. The minimum atomic E-state index is 0. The van der Waals surface area contributed by atoms with E-state index in [9.17, 15) is 0 Å². The van der Waals surface area contributed by atoms with Gasteiger partial charge in [-0.2, -0.15) is 0 Å². The normalized spacial score (nSPS) is 16.5. The highest BCUT2D eigenvalue weighted by Gasteiger charge is 2.12. The molecule has 2 N–H and O–H groups in total. The van der Waals surface area contributed by atoms with Crippen molar-refractivity contribution in [1.82, 2.24) is 10.6 Å². The minimum absolute atomic E-state index is 0. The van der Waals surface area contributed by atoms with E-state index in [1.807, 2.05) is 18.2 Å². The molecule has 96 valence electrons. The van der Waals surface area contributed by atoms with Crippen LogP contribution in [0, 0.1) is 5.92 Å². The lowest BCUT2D eigenvalue weighted by Gasteiger charge is -2.22. The molecule has 1 aromatic rings. The van der Waals surface area contributed by atoms with Gasteiger partial charge in [0.2, 0.25) is 0 Å². The van der Waals surface area contributed by atoms with Crippen LogP contribution >= 0.6 is 24.0 Å². The van der Waals surface area contributed by atoms with E-state index in [-0.39, 0.29) is 12.4 Å². The molecule has 0 unspecified atom stereocenters. The molecular formula is C13H20Cl2N2. The first kappa shape index (κ1) is 14.8. The second-order valence-corrected chi connectivity index (χ2v) is 4.82. The highest BCUT2D eigenvalue weighted by Crippen LogP contribution is 2.15. The smallest absolute Gasteiger partial charge is 0.0450 e. The zero-order valence-electron chi connectivity index (χ0n) is 9.92. The Labute approximate surface area is 115 Å². The van der Waals surface area contributed by atoms with Crippen LogP contribution < -0.4 is 10.6 Å². The molecule has 2 rings (SSSR count). The molecule has 1 aliphatic rings. The second-order valence-electron chi connectivity index (χ2n) is 4.42. The highest BCUT2D eigenvalue weighted by molar-refractivity contribution is 6.31. The number of benzene rings is 1. The number of hydrogen-bond acceptors (Lipinski definition) is 2. The summed E-state index contributed by atoms with van der Waals surface area (Å²) < 4.78 is 0. The van der Waals surface area contributed by atoms with Crippen LogP contribution in [0.3, 0.4) is 0 Å². The largest absolute Gasteiger partial charge is 0.317 e. The number of halogens is 2. The maximum atomic E-state index is 6.10. The number of hydrogen-bond donors (Lipinski definition) is 2. The molecule has 1 saturated heterocycles. The first-order chi connectivity index (χ1) is 7.86. The fraction of sp³-hybridized carbons (Fsp3) is 0.538. The van der Waals surface area contributed by atoms with Crippen LogP contribution in [0.2, 0.25) is 5.02 Å². The average Bonchev–Trinajstić information content (AvgIpc) is 2.33. The summed E-state index contributed by atoms with van der Waals surface area (Å²) in [4.78, 5) is 0. The number of rotatable bonds is 4. The lowest BCUT2D eigenvalue weighted by molar-refractivity contribution is 0.356. The Morgan fingerprint density at radius 3 is 2.65 bits per heavy atom. The maximum Gasteiger partial charge on any atom is 0.0450 e. The fourth-order valence-electron chi connectivity index (χ4n) is 2.14. The van der Waals surface area contributed by atoms with Crippen molar-refractivity contribution in [2.24, 2.45) is 5.92 Å². The molecule has 1 heterocycles. The third-order valence-corrected chi connectivity index (χ3v) is 3.53. The van der Waals surface area contributed by atoms with Crippen molar-refractivity contribution in [3.8, 4) is 0 Å².